The Bertz CT molecular complexity index is 530. The van der Waals surface area contributed by atoms with Crippen molar-refractivity contribution in [3.63, 3.8) is 0 Å². The molecule has 3 rings (SSSR count). The van der Waals surface area contributed by atoms with E-state index in [-0.39, 0.29) is 5.82 Å². The predicted octanol–water partition coefficient (Wildman–Crippen LogP) is 1.13. The minimum absolute atomic E-state index is 0.207. The zero-order valence-electron chi connectivity index (χ0n) is 10.6. The first-order valence-corrected chi connectivity index (χ1v) is 6.55. The second-order valence-electron chi connectivity index (χ2n) is 4.80. The highest BCUT2D eigenvalue weighted by Gasteiger charge is 2.18. The van der Waals surface area contributed by atoms with E-state index in [0.717, 1.165) is 43.7 Å². The summed E-state index contributed by atoms with van der Waals surface area (Å²) in [6.07, 6.45) is 2.58. The Hall–Kier alpha value is -1.82. The van der Waals surface area contributed by atoms with Gasteiger partial charge in [-0.3, -0.25) is 0 Å². The maximum atomic E-state index is 12.8. The van der Waals surface area contributed by atoms with Gasteiger partial charge in [0.25, 0.3) is 0 Å². The van der Waals surface area contributed by atoms with Gasteiger partial charge in [0, 0.05) is 13.0 Å². The molecule has 100 valence electrons. The molecule has 1 aromatic carbocycles. The van der Waals surface area contributed by atoms with Gasteiger partial charge in [0.15, 0.2) is 5.82 Å². The van der Waals surface area contributed by atoms with Crippen LogP contribution in [0.1, 0.15) is 23.9 Å². The maximum Gasteiger partial charge on any atom is 0.175 e. The molecule has 5 nitrogen and oxygen atoms in total. The quantitative estimate of drug-likeness (QED) is 0.896. The zero-order valence-corrected chi connectivity index (χ0v) is 10.6. The Morgan fingerprint density at radius 3 is 2.84 bits per heavy atom. The van der Waals surface area contributed by atoms with Gasteiger partial charge < -0.3 is 5.32 Å². The molecule has 0 amide bonds. The summed E-state index contributed by atoms with van der Waals surface area (Å²) in [6.45, 7) is 1.92. The van der Waals surface area contributed by atoms with Crippen molar-refractivity contribution in [1.82, 2.24) is 25.5 Å². The monoisotopic (exact) mass is 261 g/mol. The summed E-state index contributed by atoms with van der Waals surface area (Å²) in [5.41, 5.74) is 1.08. The maximum absolute atomic E-state index is 12.8. The van der Waals surface area contributed by atoms with Gasteiger partial charge in [-0.15, -0.1) is 10.2 Å². The van der Waals surface area contributed by atoms with Crippen molar-refractivity contribution in [2.75, 3.05) is 13.1 Å². The summed E-state index contributed by atoms with van der Waals surface area (Å²) in [5.74, 6) is 0.540. The number of aryl methyl sites for hydroxylation is 2. The highest BCUT2D eigenvalue weighted by molar-refractivity contribution is 5.16. The molecule has 1 atom stereocenters. The van der Waals surface area contributed by atoms with Crippen LogP contribution in [0.5, 0.6) is 0 Å². The minimum atomic E-state index is -0.207. The lowest BCUT2D eigenvalue weighted by molar-refractivity contribution is 0.422. The molecule has 2 heterocycles. The normalized spacial score (nSPS) is 18.9. The lowest BCUT2D eigenvalue weighted by atomic mass is 10.1. The van der Waals surface area contributed by atoms with Crippen LogP contribution in [0.15, 0.2) is 24.3 Å². The van der Waals surface area contributed by atoms with Crippen LogP contribution >= 0.6 is 0 Å². The predicted molar refractivity (Wildman–Crippen MR) is 68.1 cm³/mol. The highest BCUT2D eigenvalue weighted by atomic mass is 19.1. The number of aromatic nitrogens is 4. The molecule has 0 saturated carbocycles. The Balaban J connectivity index is 1.59. The van der Waals surface area contributed by atoms with Gasteiger partial charge in [-0.05, 0) is 42.3 Å². The molecule has 1 unspecified atom stereocenters. The molecule has 1 aliphatic heterocycles. The van der Waals surface area contributed by atoms with Crippen LogP contribution in [0.2, 0.25) is 0 Å². The summed E-state index contributed by atoms with van der Waals surface area (Å²) >= 11 is 0. The van der Waals surface area contributed by atoms with E-state index in [1.54, 1.807) is 16.9 Å². The van der Waals surface area contributed by atoms with Crippen molar-refractivity contribution >= 4 is 0 Å². The number of benzene rings is 1. The van der Waals surface area contributed by atoms with E-state index in [4.69, 9.17) is 0 Å². The van der Waals surface area contributed by atoms with Crippen LogP contribution < -0.4 is 5.32 Å². The Kier molecular flexibility index (Phi) is 3.50. The number of hydrogen-bond acceptors (Lipinski definition) is 4. The van der Waals surface area contributed by atoms with E-state index in [1.807, 2.05) is 0 Å². The summed E-state index contributed by atoms with van der Waals surface area (Å²) in [7, 11) is 0. The molecule has 1 fully saturated rings. The molecule has 1 N–H and O–H groups in total. The summed E-state index contributed by atoms with van der Waals surface area (Å²) in [5, 5.41) is 15.9. The number of nitrogens with zero attached hydrogens (tertiary/aromatic N) is 4. The molecule has 0 aliphatic carbocycles. The number of tetrazole rings is 1. The molecular formula is C13H16FN5. The molecule has 2 aromatic rings. The molecule has 0 radical (unpaired) electrons. The lowest BCUT2D eigenvalue weighted by Crippen LogP contribution is -2.16. The Morgan fingerprint density at radius 2 is 2.11 bits per heavy atom. The summed E-state index contributed by atoms with van der Waals surface area (Å²) in [6, 6.07) is 6.86. The molecule has 0 spiro atoms. The average Bonchev–Trinajstić information content (AvgIpc) is 3.09. The van der Waals surface area contributed by atoms with Crippen molar-refractivity contribution in [2.45, 2.75) is 25.3 Å². The molecule has 0 bridgehead atoms. The molecule has 1 aromatic heterocycles. The van der Waals surface area contributed by atoms with E-state index in [9.17, 15) is 4.39 Å². The van der Waals surface area contributed by atoms with Crippen molar-refractivity contribution in [3.05, 3.63) is 41.5 Å². The first-order chi connectivity index (χ1) is 9.31. The molecular weight excluding hydrogens is 245 g/mol. The van der Waals surface area contributed by atoms with Gasteiger partial charge in [-0.2, -0.15) is 4.80 Å². The summed E-state index contributed by atoms with van der Waals surface area (Å²) < 4.78 is 12.8. The third-order valence-electron chi connectivity index (χ3n) is 3.38. The first-order valence-electron chi connectivity index (χ1n) is 6.55. The molecule has 1 saturated heterocycles. The largest absolute Gasteiger partial charge is 0.314 e. The van der Waals surface area contributed by atoms with Gasteiger partial charge >= 0.3 is 0 Å². The van der Waals surface area contributed by atoms with Crippen LogP contribution in [0.3, 0.4) is 0 Å². The van der Waals surface area contributed by atoms with Crippen LogP contribution in [0.25, 0.3) is 0 Å². The number of rotatable bonds is 4. The van der Waals surface area contributed by atoms with Crippen LogP contribution in [0, 0.1) is 5.82 Å². The first kappa shape index (κ1) is 12.2. The fraction of sp³-hybridized carbons (Fsp3) is 0.462. The number of halogens is 1. The van der Waals surface area contributed by atoms with E-state index in [0.29, 0.717) is 6.04 Å². The fourth-order valence-electron chi connectivity index (χ4n) is 2.25. The number of hydrogen-bond donors (Lipinski definition) is 1. The Labute approximate surface area is 110 Å². The van der Waals surface area contributed by atoms with Crippen LogP contribution in [-0.2, 0) is 12.8 Å². The van der Waals surface area contributed by atoms with E-state index in [1.165, 1.54) is 12.1 Å². The standard InChI is InChI=1S/C13H16FN5/c14-11-4-1-10(2-5-11)3-6-13-16-18-19(17-13)12-7-8-15-9-12/h1-2,4-5,12,15H,3,6-9H2. The summed E-state index contributed by atoms with van der Waals surface area (Å²) in [4.78, 5) is 1.71. The second kappa shape index (κ2) is 5.44. The van der Waals surface area contributed by atoms with Crippen molar-refractivity contribution < 1.29 is 4.39 Å². The highest BCUT2D eigenvalue weighted by Crippen LogP contribution is 2.12. The topological polar surface area (TPSA) is 55.6 Å². The SMILES string of the molecule is Fc1ccc(CCc2nnn(C3CCNC3)n2)cc1. The van der Waals surface area contributed by atoms with Crippen molar-refractivity contribution in [2.24, 2.45) is 0 Å². The average molecular weight is 261 g/mol. The molecule has 19 heavy (non-hydrogen) atoms. The van der Waals surface area contributed by atoms with Crippen molar-refractivity contribution in [3.8, 4) is 0 Å². The van der Waals surface area contributed by atoms with E-state index < -0.39 is 0 Å². The lowest BCUT2D eigenvalue weighted by Gasteiger charge is -2.04. The minimum Gasteiger partial charge on any atom is -0.314 e. The zero-order chi connectivity index (χ0) is 13.1. The third-order valence-corrected chi connectivity index (χ3v) is 3.38. The Morgan fingerprint density at radius 1 is 1.26 bits per heavy atom. The molecule has 1 aliphatic rings. The smallest absolute Gasteiger partial charge is 0.175 e. The van der Waals surface area contributed by atoms with Gasteiger partial charge in [-0.25, -0.2) is 4.39 Å². The fourth-order valence-corrected chi connectivity index (χ4v) is 2.25. The van der Waals surface area contributed by atoms with Gasteiger partial charge in [0.05, 0.1) is 6.04 Å². The van der Waals surface area contributed by atoms with Crippen molar-refractivity contribution in [1.29, 1.82) is 0 Å². The third kappa shape index (κ3) is 2.96. The van der Waals surface area contributed by atoms with E-state index in [2.05, 4.69) is 20.7 Å². The second-order valence-corrected chi connectivity index (χ2v) is 4.80. The van der Waals surface area contributed by atoms with E-state index >= 15 is 0 Å². The van der Waals surface area contributed by atoms with Crippen LogP contribution in [0.4, 0.5) is 4.39 Å². The van der Waals surface area contributed by atoms with Crippen LogP contribution in [-0.4, -0.2) is 33.3 Å². The van der Waals surface area contributed by atoms with Gasteiger partial charge in [0.2, 0.25) is 0 Å². The number of nitrogens with one attached hydrogen (secondary N) is 1. The molecule has 6 heteroatoms. The van der Waals surface area contributed by atoms with Gasteiger partial charge in [0.1, 0.15) is 5.82 Å². The van der Waals surface area contributed by atoms with Gasteiger partial charge in [-0.1, -0.05) is 12.1 Å².